The highest BCUT2D eigenvalue weighted by molar-refractivity contribution is 6.30. The van der Waals surface area contributed by atoms with Gasteiger partial charge in [0.2, 0.25) is 5.88 Å². The molecule has 6 heteroatoms. The van der Waals surface area contributed by atoms with Gasteiger partial charge in [-0.3, -0.25) is 9.79 Å². The molecule has 0 amide bonds. The maximum Gasteiger partial charge on any atom is 0.267 e. The quantitative estimate of drug-likeness (QED) is 0.651. The van der Waals surface area contributed by atoms with Gasteiger partial charge in [0.1, 0.15) is 5.82 Å². The zero-order chi connectivity index (χ0) is 19.7. The number of rotatable bonds is 3. The van der Waals surface area contributed by atoms with E-state index in [1.54, 1.807) is 24.4 Å². The maximum atomic E-state index is 13.0. The average molecular weight is 396 g/mol. The molecular weight excluding hydrogens is 374 g/mol. The molecule has 2 unspecified atom stereocenters. The zero-order valence-corrected chi connectivity index (χ0v) is 16.4. The first-order valence-electron chi connectivity index (χ1n) is 9.58. The van der Waals surface area contributed by atoms with Crippen LogP contribution in [0.2, 0.25) is 5.02 Å². The molecule has 28 heavy (non-hydrogen) atoms. The first-order valence-corrected chi connectivity index (χ1v) is 9.96. The molecule has 144 valence electrons. The van der Waals surface area contributed by atoms with E-state index in [2.05, 4.69) is 11.9 Å². The van der Waals surface area contributed by atoms with Crippen molar-refractivity contribution in [1.82, 2.24) is 9.55 Å². The Hall–Kier alpha value is -2.66. The second-order valence-corrected chi connectivity index (χ2v) is 7.80. The molecule has 0 saturated heterocycles. The predicted octanol–water partition coefficient (Wildman–Crippen LogP) is 4.74. The fourth-order valence-corrected chi connectivity index (χ4v) is 4.00. The molecule has 2 heterocycles. The van der Waals surface area contributed by atoms with Gasteiger partial charge in [0.15, 0.2) is 0 Å². The Morgan fingerprint density at radius 2 is 1.93 bits per heavy atom. The van der Waals surface area contributed by atoms with E-state index in [4.69, 9.17) is 16.6 Å². The number of hydrogen-bond donors (Lipinski definition) is 1. The topological polar surface area (TPSA) is 67.5 Å². The first-order chi connectivity index (χ1) is 13.6. The van der Waals surface area contributed by atoms with Crippen LogP contribution in [0.5, 0.6) is 5.88 Å². The van der Waals surface area contributed by atoms with E-state index in [1.807, 2.05) is 18.2 Å². The van der Waals surface area contributed by atoms with Crippen LogP contribution in [0.3, 0.4) is 0 Å². The Kier molecular flexibility index (Phi) is 5.18. The van der Waals surface area contributed by atoms with Gasteiger partial charge in [0.25, 0.3) is 5.56 Å². The summed E-state index contributed by atoms with van der Waals surface area (Å²) < 4.78 is 1.21. The number of pyridine rings is 2. The average Bonchev–Trinajstić information content (AvgIpc) is 2.71. The number of fused-ring (bicyclic) bond motifs is 1. The number of aromatic hydroxyl groups is 1. The van der Waals surface area contributed by atoms with Gasteiger partial charge < -0.3 is 5.11 Å². The summed E-state index contributed by atoms with van der Waals surface area (Å²) >= 11 is 5.92. The highest BCUT2D eigenvalue weighted by atomic mass is 35.5. The molecule has 1 N–H and O–H groups in total. The Bertz CT molecular complexity index is 1090. The normalized spacial score (nSPS) is 20.1. The molecule has 3 aromatic rings. The minimum absolute atomic E-state index is 0.161. The molecule has 1 aromatic carbocycles. The SMILES string of the molecule is CC1CCCCC1N=Cc1c(O)n(-c2ccc(Cl)cn2)c(=O)c2ccccc12. The molecule has 0 aliphatic heterocycles. The van der Waals surface area contributed by atoms with Crippen molar-refractivity contribution in [1.29, 1.82) is 0 Å². The standard InChI is InChI=1S/C22H22ClN3O2/c1-14-6-2-5-9-19(14)24-13-18-16-7-3-4-8-17(16)21(27)26(22(18)28)20-11-10-15(23)12-25-20/h3-4,7-8,10-14,19,28H,2,5-6,9H2,1H3. The number of hydrogen-bond acceptors (Lipinski definition) is 4. The van der Waals surface area contributed by atoms with Crippen LogP contribution < -0.4 is 5.56 Å². The van der Waals surface area contributed by atoms with Crippen molar-refractivity contribution in [2.75, 3.05) is 0 Å². The maximum absolute atomic E-state index is 13.0. The van der Waals surface area contributed by atoms with E-state index in [-0.39, 0.29) is 17.5 Å². The molecule has 0 radical (unpaired) electrons. The molecule has 4 rings (SSSR count). The van der Waals surface area contributed by atoms with Crippen LogP contribution in [0.1, 0.15) is 38.2 Å². The van der Waals surface area contributed by atoms with Crippen molar-refractivity contribution in [3.63, 3.8) is 0 Å². The number of aromatic nitrogens is 2. The fourth-order valence-electron chi connectivity index (χ4n) is 3.89. The molecule has 1 fully saturated rings. The summed E-state index contributed by atoms with van der Waals surface area (Å²) in [5.41, 5.74) is 0.204. The summed E-state index contributed by atoms with van der Waals surface area (Å²) in [6.07, 6.45) is 7.81. The summed E-state index contributed by atoms with van der Waals surface area (Å²) in [4.78, 5) is 22.0. The molecule has 1 saturated carbocycles. The molecule has 1 aliphatic carbocycles. The van der Waals surface area contributed by atoms with Crippen LogP contribution in [-0.2, 0) is 0 Å². The van der Waals surface area contributed by atoms with E-state index in [1.165, 1.54) is 30.0 Å². The molecule has 0 bridgehead atoms. The lowest BCUT2D eigenvalue weighted by Crippen LogP contribution is -2.22. The third-order valence-electron chi connectivity index (χ3n) is 5.51. The fraction of sp³-hybridized carbons (Fsp3) is 0.318. The number of nitrogens with zero attached hydrogens (tertiary/aromatic N) is 3. The largest absolute Gasteiger partial charge is 0.494 e. The number of benzene rings is 1. The van der Waals surface area contributed by atoms with E-state index >= 15 is 0 Å². The number of aliphatic imine (C=N–C) groups is 1. The minimum Gasteiger partial charge on any atom is -0.494 e. The number of halogens is 1. The van der Waals surface area contributed by atoms with Crippen molar-refractivity contribution >= 4 is 28.6 Å². The van der Waals surface area contributed by atoms with Gasteiger partial charge in [0, 0.05) is 23.2 Å². The molecule has 5 nitrogen and oxygen atoms in total. The summed E-state index contributed by atoms with van der Waals surface area (Å²) in [6, 6.07) is 10.7. The van der Waals surface area contributed by atoms with Crippen molar-refractivity contribution in [2.45, 2.75) is 38.6 Å². The summed E-state index contributed by atoms with van der Waals surface area (Å²) in [6.45, 7) is 2.22. The van der Waals surface area contributed by atoms with Gasteiger partial charge in [0.05, 0.1) is 16.6 Å². The van der Waals surface area contributed by atoms with Crippen molar-refractivity contribution in [3.05, 3.63) is 63.5 Å². The summed E-state index contributed by atoms with van der Waals surface area (Å²) in [5, 5.41) is 12.6. The Labute approximate surface area is 168 Å². The van der Waals surface area contributed by atoms with Crippen molar-refractivity contribution in [2.24, 2.45) is 10.9 Å². The second kappa shape index (κ2) is 7.76. The van der Waals surface area contributed by atoms with Crippen LogP contribution in [0.15, 0.2) is 52.4 Å². The van der Waals surface area contributed by atoms with Crippen LogP contribution in [0.25, 0.3) is 16.6 Å². The molecular formula is C22H22ClN3O2. The lowest BCUT2D eigenvalue weighted by Gasteiger charge is -2.25. The Balaban J connectivity index is 1.90. The van der Waals surface area contributed by atoms with Crippen LogP contribution in [0.4, 0.5) is 0 Å². The van der Waals surface area contributed by atoms with Crippen LogP contribution in [0, 0.1) is 5.92 Å². The van der Waals surface area contributed by atoms with Gasteiger partial charge in [-0.05, 0) is 37.0 Å². The Morgan fingerprint density at radius 3 is 2.64 bits per heavy atom. The highest BCUT2D eigenvalue weighted by Gasteiger charge is 2.21. The monoisotopic (exact) mass is 395 g/mol. The van der Waals surface area contributed by atoms with Crippen molar-refractivity contribution < 1.29 is 5.11 Å². The van der Waals surface area contributed by atoms with Gasteiger partial charge in [-0.15, -0.1) is 0 Å². The predicted molar refractivity (Wildman–Crippen MR) is 113 cm³/mol. The van der Waals surface area contributed by atoms with Gasteiger partial charge in [-0.2, -0.15) is 0 Å². The lowest BCUT2D eigenvalue weighted by atomic mass is 9.86. The molecule has 1 aliphatic rings. The van der Waals surface area contributed by atoms with Gasteiger partial charge >= 0.3 is 0 Å². The molecule has 2 aromatic heterocycles. The third kappa shape index (κ3) is 3.42. The van der Waals surface area contributed by atoms with E-state index < -0.39 is 0 Å². The summed E-state index contributed by atoms with van der Waals surface area (Å²) in [7, 11) is 0. The second-order valence-electron chi connectivity index (χ2n) is 7.37. The smallest absolute Gasteiger partial charge is 0.267 e. The van der Waals surface area contributed by atoms with Gasteiger partial charge in [-0.25, -0.2) is 9.55 Å². The molecule has 2 atom stereocenters. The first kappa shape index (κ1) is 18.7. The summed E-state index contributed by atoms with van der Waals surface area (Å²) in [5.74, 6) is 0.673. The highest BCUT2D eigenvalue weighted by Crippen LogP contribution is 2.29. The Morgan fingerprint density at radius 1 is 1.18 bits per heavy atom. The third-order valence-corrected chi connectivity index (χ3v) is 5.73. The van der Waals surface area contributed by atoms with Crippen molar-refractivity contribution in [3.8, 4) is 11.7 Å². The van der Waals surface area contributed by atoms with E-state index in [0.717, 1.165) is 6.42 Å². The van der Waals surface area contributed by atoms with Crippen LogP contribution in [-0.4, -0.2) is 26.9 Å². The van der Waals surface area contributed by atoms with Crippen LogP contribution >= 0.6 is 11.6 Å². The van der Waals surface area contributed by atoms with E-state index in [9.17, 15) is 9.90 Å². The zero-order valence-electron chi connectivity index (χ0n) is 15.7. The minimum atomic E-state index is -0.328. The lowest BCUT2D eigenvalue weighted by molar-refractivity contribution is 0.333. The van der Waals surface area contributed by atoms with E-state index in [0.29, 0.717) is 33.1 Å². The van der Waals surface area contributed by atoms with Gasteiger partial charge in [-0.1, -0.05) is 49.6 Å². The molecule has 0 spiro atoms.